The molecule has 0 unspecified atom stereocenters. The number of amides is 1. The third-order valence-corrected chi connectivity index (χ3v) is 4.27. The number of hydrogen-bond donors (Lipinski definition) is 1. The molecule has 3 nitrogen and oxygen atoms in total. The summed E-state index contributed by atoms with van der Waals surface area (Å²) in [5.41, 5.74) is 3.33. The van der Waals surface area contributed by atoms with Crippen molar-refractivity contribution < 1.29 is 9.53 Å². The minimum atomic E-state index is -0.198. The Hall–Kier alpha value is -3.07. The van der Waals surface area contributed by atoms with Gasteiger partial charge in [-0.25, -0.2) is 0 Å². The van der Waals surface area contributed by atoms with Gasteiger partial charge < -0.3 is 10.1 Å². The van der Waals surface area contributed by atoms with Gasteiger partial charge in [0.25, 0.3) is 5.91 Å². The summed E-state index contributed by atoms with van der Waals surface area (Å²) in [5.74, 6) is 0.551. The van der Waals surface area contributed by atoms with Gasteiger partial charge in [-0.1, -0.05) is 79.7 Å². The van der Waals surface area contributed by atoms with Gasteiger partial charge in [0.05, 0.1) is 6.04 Å². The molecule has 0 aliphatic rings. The molecule has 0 heterocycles. The van der Waals surface area contributed by atoms with E-state index in [0.717, 1.165) is 17.5 Å². The maximum atomic E-state index is 12.5. The largest absolute Gasteiger partial charge is 0.484 e. The van der Waals surface area contributed by atoms with Crippen LogP contribution in [-0.2, 0) is 11.2 Å². The SMILES string of the molecule is CCc1ccc(OCC(=O)NC(c2ccccc2)c2ccccc2)cc1. The number of rotatable bonds is 7. The van der Waals surface area contributed by atoms with E-state index < -0.39 is 0 Å². The smallest absolute Gasteiger partial charge is 0.258 e. The van der Waals surface area contributed by atoms with Crippen LogP contribution in [0.4, 0.5) is 0 Å². The number of aryl methyl sites for hydroxylation is 1. The van der Waals surface area contributed by atoms with E-state index in [0.29, 0.717) is 5.75 Å². The molecule has 26 heavy (non-hydrogen) atoms. The van der Waals surface area contributed by atoms with Crippen molar-refractivity contribution in [1.82, 2.24) is 5.32 Å². The zero-order chi connectivity index (χ0) is 18.2. The Morgan fingerprint density at radius 1 is 0.846 bits per heavy atom. The maximum Gasteiger partial charge on any atom is 0.258 e. The van der Waals surface area contributed by atoms with Crippen LogP contribution in [0.5, 0.6) is 5.75 Å². The lowest BCUT2D eigenvalue weighted by Gasteiger charge is -2.20. The Bertz CT molecular complexity index is 774. The lowest BCUT2D eigenvalue weighted by Crippen LogP contribution is -2.33. The van der Waals surface area contributed by atoms with E-state index in [1.54, 1.807) is 0 Å². The molecule has 0 radical (unpaired) electrons. The molecule has 0 saturated carbocycles. The van der Waals surface area contributed by atoms with Gasteiger partial charge in [-0.05, 0) is 35.2 Å². The first-order chi connectivity index (χ1) is 12.8. The van der Waals surface area contributed by atoms with Gasteiger partial charge in [-0.3, -0.25) is 4.79 Å². The Balaban J connectivity index is 1.67. The quantitative estimate of drug-likeness (QED) is 0.683. The highest BCUT2D eigenvalue weighted by Gasteiger charge is 2.16. The highest BCUT2D eigenvalue weighted by Crippen LogP contribution is 2.21. The van der Waals surface area contributed by atoms with Crippen molar-refractivity contribution in [2.24, 2.45) is 0 Å². The van der Waals surface area contributed by atoms with E-state index in [-0.39, 0.29) is 18.6 Å². The molecule has 1 N–H and O–H groups in total. The van der Waals surface area contributed by atoms with Crippen LogP contribution in [0.3, 0.4) is 0 Å². The zero-order valence-electron chi connectivity index (χ0n) is 14.9. The van der Waals surface area contributed by atoms with Crippen molar-refractivity contribution in [2.75, 3.05) is 6.61 Å². The van der Waals surface area contributed by atoms with Crippen molar-refractivity contribution >= 4 is 5.91 Å². The fourth-order valence-corrected chi connectivity index (χ4v) is 2.82. The zero-order valence-corrected chi connectivity index (χ0v) is 14.9. The van der Waals surface area contributed by atoms with Crippen LogP contribution in [0.2, 0.25) is 0 Å². The summed E-state index contributed by atoms with van der Waals surface area (Å²) in [6.45, 7) is 2.10. The first kappa shape index (κ1) is 17.7. The van der Waals surface area contributed by atoms with Crippen molar-refractivity contribution in [3.63, 3.8) is 0 Å². The van der Waals surface area contributed by atoms with Crippen LogP contribution in [0.1, 0.15) is 29.7 Å². The maximum absolute atomic E-state index is 12.5. The monoisotopic (exact) mass is 345 g/mol. The Labute approximate surface area is 154 Å². The van der Waals surface area contributed by atoms with Crippen molar-refractivity contribution in [1.29, 1.82) is 0 Å². The number of carbonyl (C=O) groups excluding carboxylic acids is 1. The predicted octanol–water partition coefficient (Wildman–Crippen LogP) is 4.53. The van der Waals surface area contributed by atoms with Crippen molar-refractivity contribution in [2.45, 2.75) is 19.4 Å². The van der Waals surface area contributed by atoms with Gasteiger partial charge in [0.15, 0.2) is 6.61 Å². The van der Waals surface area contributed by atoms with E-state index in [1.165, 1.54) is 5.56 Å². The number of benzene rings is 3. The second-order valence-electron chi connectivity index (χ2n) is 6.11. The molecule has 0 fully saturated rings. The van der Waals surface area contributed by atoms with Crippen molar-refractivity contribution in [3.05, 3.63) is 102 Å². The summed E-state index contributed by atoms with van der Waals surface area (Å²) < 4.78 is 5.63. The molecule has 0 aromatic heterocycles. The lowest BCUT2D eigenvalue weighted by atomic mass is 9.99. The number of carbonyl (C=O) groups is 1. The van der Waals surface area contributed by atoms with E-state index >= 15 is 0 Å². The van der Waals surface area contributed by atoms with E-state index in [2.05, 4.69) is 12.2 Å². The molecule has 3 aromatic rings. The number of ether oxygens (including phenoxy) is 1. The van der Waals surface area contributed by atoms with E-state index in [1.807, 2.05) is 84.9 Å². The Morgan fingerprint density at radius 3 is 1.88 bits per heavy atom. The highest BCUT2D eigenvalue weighted by atomic mass is 16.5. The number of hydrogen-bond acceptors (Lipinski definition) is 2. The van der Waals surface area contributed by atoms with Gasteiger partial charge >= 0.3 is 0 Å². The van der Waals surface area contributed by atoms with Crippen LogP contribution in [0.15, 0.2) is 84.9 Å². The van der Waals surface area contributed by atoms with Gasteiger partial charge in [-0.15, -0.1) is 0 Å². The molecule has 0 atom stereocenters. The van der Waals surface area contributed by atoms with Crippen LogP contribution in [0.25, 0.3) is 0 Å². The second kappa shape index (κ2) is 8.86. The summed E-state index contributed by atoms with van der Waals surface area (Å²) in [6, 6.07) is 27.5. The Kier molecular flexibility index (Phi) is 6.05. The van der Waals surface area contributed by atoms with Crippen molar-refractivity contribution in [3.8, 4) is 5.75 Å². The standard InChI is InChI=1S/C23H23NO2/c1-2-18-13-15-21(16-14-18)26-17-22(25)24-23(19-9-5-3-6-10-19)20-11-7-4-8-12-20/h3-16,23H,2,17H2,1H3,(H,24,25). The molecule has 3 aromatic carbocycles. The normalized spacial score (nSPS) is 10.5. The summed E-state index contributed by atoms with van der Waals surface area (Å²) in [6.07, 6.45) is 0.983. The molecule has 0 bridgehead atoms. The minimum absolute atomic E-state index is 0.0123. The summed E-state index contributed by atoms with van der Waals surface area (Å²) in [4.78, 5) is 12.5. The van der Waals surface area contributed by atoms with Gasteiger partial charge in [0, 0.05) is 0 Å². The highest BCUT2D eigenvalue weighted by molar-refractivity contribution is 5.78. The molecular formula is C23H23NO2. The minimum Gasteiger partial charge on any atom is -0.484 e. The molecule has 0 saturated heterocycles. The van der Waals surface area contributed by atoms with Crippen LogP contribution in [0, 0.1) is 0 Å². The third kappa shape index (κ3) is 4.73. The Morgan fingerprint density at radius 2 is 1.38 bits per heavy atom. The van der Waals surface area contributed by atoms with Gasteiger partial charge in [0.2, 0.25) is 0 Å². The summed E-state index contributed by atoms with van der Waals surface area (Å²) in [7, 11) is 0. The number of nitrogens with one attached hydrogen (secondary N) is 1. The predicted molar refractivity (Wildman–Crippen MR) is 104 cm³/mol. The van der Waals surface area contributed by atoms with Crippen LogP contribution >= 0.6 is 0 Å². The first-order valence-corrected chi connectivity index (χ1v) is 8.87. The molecule has 132 valence electrons. The average molecular weight is 345 g/mol. The fourth-order valence-electron chi connectivity index (χ4n) is 2.82. The van der Waals surface area contributed by atoms with Crippen LogP contribution in [-0.4, -0.2) is 12.5 Å². The van der Waals surface area contributed by atoms with E-state index in [9.17, 15) is 4.79 Å². The second-order valence-corrected chi connectivity index (χ2v) is 6.11. The van der Waals surface area contributed by atoms with E-state index in [4.69, 9.17) is 4.74 Å². The molecule has 0 aliphatic heterocycles. The molecule has 0 aliphatic carbocycles. The molecule has 0 spiro atoms. The topological polar surface area (TPSA) is 38.3 Å². The first-order valence-electron chi connectivity index (χ1n) is 8.87. The summed E-state index contributed by atoms with van der Waals surface area (Å²) >= 11 is 0. The van der Waals surface area contributed by atoms with Gasteiger partial charge in [0.1, 0.15) is 5.75 Å². The summed E-state index contributed by atoms with van der Waals surface area (Å²) in [5, 5.41) is 3.08. The lowest BCUT2D eigenvalue weighted by molar-refractivity contribution is -0.123. The molecule has 3 rings (SSSR count). The fraction of sp³-hybridized carbons (Fsp3) is 0.174. The average Bonchev–Trinajstić information content (AvgIpc) is 2.72. The molecule has 3 heteroatoms. The molecule has 1 amide bonds. The van der Waals surface area contributed by atoms with Crippen LogP contribution < -0.4 is 10.1 Å². The third-order valence-electron chi connectivity index (χ3n) is 4.27. The molecular weight excluding hydrogens is 322 g/mol. The van der Waals surface area contributed by atoms with Gasteiger partial charge in [-0.2, -0.15) is 0 Å².